The molecule has 1 saturated heterocycles. The van der Waals surface area contributed by atoms with E-state index in [4.69, 9.17) is 9.47 Å². The molecule has 2 atom stereocenters. The molecule has 0 spiro atoms. The van der Waals surface area contributed by atoms with Crippen molar-refractivity contribution >= 4 is 10.9 Å². The average Bonchev–Trinajstić information content (AvgIpc) is 3.65. The molecule has 0 unspecified atom stereocenters. The van der Waals surface area contributed by atoms with Gasteiger partial charge in [-0.2, -0.15) is 18.3 Å². The van der Waals surface area contributed by atoms with Crippen molar-refractivity contribution in [3.8, 4) is 17.0 Å². The van der Waals surface area contributed by atoms with Gasteiger partial charge in [-0.25, -0.2) is 9.37 Å². The van der Waals surface area contributed by atoms with Crippen molar-refractivity contribution in [2.75, 3.05) is 13.7 Å². The van der Waals surface area contributed by atoms with Crippen molar-refractivity contribution in [3.05, 3.63) is 69.9 Å². The minimum Gasteiger partial charge on any atom is -0.497 e. The Labute approximate surface area is 220 Å². The van der Waals surface area contributed by atoms with E-state index in [0.29, 0.717) is 35.8 Å². The van der Waals surface area contributed by atoms with Crippen LogP contribution in [0.15, 0.2) is 41.5 Å². The molecule has 1 aromatic carbocycles. The molecule has 39 heavy (non-hydrogen) atoms. The fourth-order valence-electron chi connectivity index (χ4n) is 5.11. The van der Waals surface area contributed by atoms with E-state index < -0.39 is 23.4 Å². The summed E-state index contributed by atoms with van der Waals surface area (Å²) in [5.74, 6) is -2.10. The Bertz CT molecular complexity index is 1630. The zero-order valence-corrected chi connectivity index (χ0v) is 21.2. The third-order valence-corrected chi connectivity index (χ3v) is 7.38. The summed E-state index contributed by atoms with van der Waals surface area (Å²) in [6.45, 7) is 0.416. The smallest absolute Gasteiger partial charge is 0.449 e. The number of alkyl halides is 3. The van der Waals surface area contributed by atoms with Gasteiger partial charge in [0.2, 0.25) is 5.82 Å². The summed E-state index contributed by atoms with van der Waals surface area (Å²) >= 11 is 0. The van der Waals surface area contributed by atoms with Gasteiger partial charge in [0.15, 0.2) is 0 Å². The highest BCUT2D eigenvalue weighted by Crippen LogP contribution is 2.41. The fraction of sp³-hybridized carbons (Fsp3) is 0.407. The van der Waals surface area contributed by atoms with Crippen LogP contribution in [0.5, 0.6) is 5.75 Å². The van der Waals surface area contributed by atoms with Crippen LogP contribution in [0.25, 0.3) is 22.2 Å². The molecular formula is C27H25F4N5O3. The molecular weight excluding hydrogens is 518 g/mol. The maximum absolute atomic E-state index is 15.2. The Morgan fingerprint density at radius 1 is 1.13 bits per heavy atom. The molecule has 12 heteroatoms. The van der Waals surface area contributed by atoms with Crippen molar-refractivity contribution in [2.45, 2.75) is 49.9 Å². The van der Waals surface area contributed by atoms with Crippen molar-refractivity contribution in [1.82, 2.24) is 24.3 Å². The van der Waals surface area contributed by atoms with Crippen LogP contribution in [0.2, 0.25) is 0 Å². The first-order valence-corrected chi connectivity index (χ1v) is 12.6. The lowest BCUT2D eigenvalue weighted by atomic mass is 9.89. The van der Waals surface area contributed by atoms with E-state index in [1.54, 1.807) is 6.20 Å². The zero-order chi connectivity index (χ0) is 27.5. The molecule has 0 bridgehead atoms. The van der Waals surface area contributed by atoms with Gasteiger partial charge in [0.25, 0.3) is 5.56 Å². The Kier molecular flexibility index (Phi) is 6.17. The van der Waals surface area contributed by atoms with Crippen molar-refractivity contribution in [2.24, 2.45) is 7.05 Å². The summed E-state index contributed by atoms with van der Waals surface area (Å²) in [5, 5.41) is 4.38. The summed E-state index contributed by atoms with van der Waals surface area (Å²) in [5.41, 5.74) is -0.00945. The molecule has 2 fully saturated rings. The SMILES string of the molecule is COc1ccc(-c2nc([C@H]3CCO[C@@H](c4cnn(C5CC5)c4)C3)cc3c(=O)n(C)c(C(F)(F)F)nc23)c(F)c1. The lowest BCUT2D eigenvalue weighted by molar-refractivity contribution is -0.147. The van der Waals surface area contributed by atoms with Gasteiger partial charge in [-0.1, -0.05) is 0 Å². The quantitative estimate of drug-likeness (QED) is 0.317. The Morgan fingerprint density at radius 2 is 1.92 bits per heavy atom. The number of hydrogen-bond acceptors (Lipinski definition) is 6. The highest BCUT2D eigenvalue weighted by atomic mass is 19.4. The first-order valence-electron chi connectivity index (χ1n) is 12.6. The molecule has 4 aromatic rings. The van der Waals surface area contributed by atoms with Crippen LogP contribution in [0.1, 0.15) is 60.8 Å². The maximum atomic E-state index is 15.2. The first kappa shape index (κ1) is 25.5. The van der Waals surface area contributed by atoms with E-state index >= 15 is 4.39 Å². The molecule has 1 aliphatic carbocycles. The summed E-state index contributed by atoms with van der Waals surface area (Å²) in [4.78, 5) is 21.6. The number of aromatic nitrogens is 5. The molecule has 0 N–H and O–H groups in total. The third kappa shape index (κ3) is 4.66. The van der Waals surface area contributed by atoms with Gasteiger partial charge in [0, 0.05) is 48.7 Å². The first-order chi connectivity index (χ1) is 18.6. The number of ether oxygens (including phenoxy) is 2. The standard InChI is InChI=1S/C27H25F4N5O3/c1-35-25(37)19-11-21(14-7-8-39-22(9-14)15-12-32-36(13-15)16-3-4-16)33-23(24(19)34-26(35)27(29,30)31)18-6-5-17(38-2)10-20(18)28/h5-6,10-14,16,22H,3-4,7-9H2,1-2H3/t14-,22+/m0/s1. The van der Waals surface area contributed by atoms with Crippen LogP contribution in [-0.4, -0.2) is 38.0 Å². The van der Waals surface area contributed by atoms with E-state index in [1.165, 1.54) is 25.3 Å². The normalized spacial score (nSPS) is 19.9. The number of nitrogens with zero attached hydrogens (tertiary/aromatic N) is 5. The van der Waals surface area contributed by atoms with Crippen molar-refractivity contribution in [1.29, 1.82) is 0 Å². The number of methoxy groups -OCH3 is 1. The fourth-order valence-corrected chi connectivity index (χ4v) is 5.11. The number of halogens is 4. The number of hydrogen-bond donors (Lipinski definition) is 0. The molecule has 8 nitrogen and oxygen atoms in total. The molecule has 204 valence electrons. The highest BCUT2D eigenvalue weighted by molar-refractivity contribution is 5.91. The van der Waals surface area contributed by atoms with Gasteiger partial charge in [-0.3, -0.25) is 19.0 Å². The number of benzene rings is 1. The second-order valence-electron chi connectivity index (χ2n) is 10.0. The van der Waals surface area contributed by atoms with E-state index in [1.807, 2.05) is 10.9 Å². The predicted octanol–water partition coefficient (Wildman–Crippen LogP) is 5.33. The van der Waals surface area contributed by atoms with Crippen LogP contribution in [0.3, 0.4) is 0 Å². The van der Waals surface area contributed by atoms with E-state index in [-0.39, 0.29) is 39.9 Å². The summed E-state index contributed by atoms with van der Waals surface area (Å²) in [6.07, 6.45) is 1.90. The lowest BCUT2D eigenvalue weighted by Gasteiger charge is -2.29. The van der Waals surface area contributed by atoms with Crippen LogP contribution in [0.4, 0.5) is 17.6 Å². The molecule has 3 aromatic heterocycles. The maximum Gasteiger partial charge on any atom is 0.449 e. The number of pyridine rings is 1. The molecule has 4 heterocycles. The summed E-state index contributed by atoms with van der Waals surface area (Å²) < 4.78 is 69.9. The second-order valence-corrected chi connectivity index (χ2v) is 10.0. The molecule has 6 rings (SSSR count). The lowest BCUT2D eigenvalue weighted by Crippen LogP contribution is -2.28. The van der Waals surface area contributed by atoms with Gasteiger partial charge in [-0.15, -0.1) is 0 Å². The third-order valence-electron chi connectivity index (χ3n) is 7.38. The van der Waals surface area contributed by atoms with Crippen LogP contribution < -0.4 is 10.3 Å². The van der Waals surface area contributed by atoms with E-state index in [2.05, 4.69) is 15.1 Å². The molecule has 2 aliphatic rings. The second kappa shape index (κ2) is 9.44. The average molecular weight is 544 g/mol. The minimum atomic E-state index is -4.89. The number of fused-ring (bicyclic) bond motifs is 1. The number of rotatable bonds is 5. The van der Waals surface area contributed by atoms with Crippen molar-refractivity contribution < 1.29 is 27.0 Å². The van der Waals surface area contributed by atoms with Gasteiger partial charge in [-0.05, 0) is 43.9 Å². The van der Waals surface area contributed by atoms with Gasteiger partial charge < -0.3 is 9.47 Å². The largest absolute Gasteiger partial charge is 0.497 e. The van der Waals surface area contributed by atoms with Crippen LogP contribution in [-0.2, 0) is 18.0 Å². The minimum absolute atomic E-state index is 0.0645. The molecule has 1 saturated carbocycles. The van der Waals surface area contributed by atoms with E-state index in [0.717, 1.165) is 31.5 Å². The summed E-state index contributed by atoms with van der Waals surface area (Å²) in [6, 6.07) is 5.87. The Balaban J connectivity index is 1.48. The monoisotopic (exact) mass is 543 g/mol. The van der Waals surface area contributed by atoms with Gasteiger partial charge in [0.1, 0.15) is 17.1 Å². The van der Waals surface area contributed by atoms with E-state index in [9.17, 15) is 18.0 Å². The Hall–Kier alpha value is -3.80. The van der Waals surface area contributed by atoms with Crippen LogP contribution >= 0.6 is 0 Å². The van der Waals surface area contributed by atoms with Crippen LogP contribution in [0, 0.1) is 5.82 Å². The Morgan fingerprint density at radius 3 is 2.62 bits per heavy atom. The highest BCUT2D eigenvalue weighted by Gasteiger charge is 2.37. The zero-order valence-electron chi connectivity index (χ0n) is 21.2. The molecule has 0 radical (unpaired) electrons. The van der Waals surface area contributed by atoms with Crippen molar-refractivity contribution in [3.63, 3.8) is 0 Å². The molecule has 0 amide bonds. The topological polar surface area (TPSA) is 84.1 Å². The van der Waals surface area contributed by atoms with Gasteiger partial charge in [0.05, 0.1) is 36.5 Å². The summed E-state index contributed by atoms with van der Waals surface area (Å²) in [7, 11) is 2.40. The molecule has 1 aliphatic heterocycles. The predicted molar refractivity (Wildman–Crippen MR) is 133 cm³/mol. The van der Waals surface area contributed by atoms with Gasteiger partial charge >= 0.3 is 6.18 Å².